The van der Waals surface area contributed by atoms with Crippen molar-refractivity contribution in [1.82, 2.24) is 5.32 Å². The second-order valence-corrected chi connectivity index (χ2v) is 4.06. The number of ether oxygens (including phenoxy) is 1. The summed E-state index contributed by atoms with van der Waals surface area (Å²) < 4.78 is 4.70. The molecule has 0 spiro atoms. The predicted molar refractivity (Wildman–Crippen MR) is 64.2 cm³/mol. The van der Waals surface area contributed by atoms with E-state index in [-0.39, 0.29) is 18.6 Å². The number of carbonyl (C=O) groups excluding carboxylic acids is 1. The summed E-state index contributed by atoms with van der Waals surface area (Å²) in [7, 11) is 1.41. The molecular weight excluding hydrogens is 206 g/mol. The largest absolute Gasteiger partial charge is 0.468 e. The molecule has 0 saturated carbocycles. The van der Waals surface area contributed by atoms with Gasteiger partial charge in [0.15, 0.2) is 0 Å². The minimum Gasteiger partial charge on any atom is -0.468 e. The van der Waals surface area contributed by atoms with Gasteiger partial charge in [-0.3, -0.25) is 4.79 Å². The molecule has 0 heterocycles. The molecule has 0 saturated heterocycles. The van der Waals surface area contributed by atoms with Crippen LogP contribution in [0.4, 0.5) is 0 Å². The SMILES string of the molecule is CCCC(CCO)CNC(CC)C(=O)OC. The zero-order valence-corrected chi connectivity index (χ0v) is 10.7. The van der Waals surface area contributed by atoms with Crippen molar-refractivity contribution in [1.29, 1.82) is 0 Å². The van der Waals surface area contributed by atoms with Gasteiger partial charge in [-0.2, -0.15) is 0 Å². The van der Waals surface area contributed by atoms with Crippen LogP contribution in [-0.2, 0) is 9.53 Å². The van der Waals surface area contributed by atoms with Gasteiger partial charge in [-0.1, -0.05) is 20.3 Å². The van der Waals surface area contributed by atoms with Gasteiger partial charge in [-0.25, -0.2) is 0 Å². The maximum absolute atomic E-state index is 11.3. The summed E-state index contributed by atoms with van der Waals surface area (Å²) in [6.45, 7) is 5.06. The predicted octanol–water partition coefficient (Wildman–Crippen LogP) is 1.33. The average Bonchev–Trinajstić information content (AvgIpc) is 2.29. The summed E-state index contributed by atoms with van der Waals surface area (Å²) in [5.41, 5.74) is 0. The highest BCUT2D eigenvalue weighted by Crippen LogP contribution is 2.10. The van der Waals surface area contributed by atoms with Crippen LogP contribution in [-0.4, -0.2) is 37.4 Å². The van der Waals surface area contributed by atoms with Gasteiger partial charge in [0.2, 0.25) is 0 Å². The molecule has 0 aliphatic rings. The Morgan fingerprint density at radius 2 is 2.06 bits per heavy atom. The van der Waals surface area contributed by atoms with Crippen molar-refractivity contribution >= 4 is 5.97 Å². The third-order valence-corrected chi connectivity index (χ3v) is 2.78. The number of carbonyl (C=O) groups is 1. The molecule has 0 bridgehead atoms. The Bertz CT molecular complexity index is 179. The van der Waals surface area contributed by atoms with Gasteiger partial charge in [0.25, 0.3) is 0 Å². The van der Waals surface area contributed by atoms with E-state index in [4.69, 9.17) is 9.84 Å². The number of nitrogens with one attached hydrogen (secondary N) is 1. The molecule has 0 radical (unpaired) electrons. The lowest BCUT2D eigenvalue weighted by molar-refractivity contribution is -0.143. The number of hydrogen-bond acceptors (Lipinski definition) is 4. The minimum atomic E-state index is -0.219. The fourth-order valence-electron chi connectivity index (χ4n) is 1.78. The molecule has 16 heavy (non-hydrogen) atoms. The lowest BCUT2D eigenvalue weighted by atomic mass is 9.99. The second kappa shape index (κ2) is 9.60. The lowest BCUT2D eigenvalue weighted by Crippen LogP contribution is -2.39. The average molecular weight is 231 g/mol. The van der Waals surface area contributed by atoms with Gasteiger partial charge >= 0.3 is 5.97 Å². The molecule has 0 aromatic rings. The second-order valence-electron chi connectivity index (χ2n) is 4.06. The van der Waals surface area contributed by atoms with Crippen molar-refractivity contribution in [2.45, 2.75) is 45.6 Å². The van der Waals surface area contributed by atoms with Crippen LogP contribution in [0.3, 0.4) is 0 Å². The summed E-state index contributed by atoms with van der Waals surface area (Å²) in [5, 5.41) is 12.1. The monoisotopic (exact) mass is 231 g/mol. The third-order valence-electron chi connectivity index (χ3n) is 2.78. The van der Waals surface area contributed by atoms with Crippen LogP contribution < -0.4 is 5.32 Å². The summed E-state index contributed by atoms with van der Waals surface area (Å²) in [6, 6.07) is -0.219. The Kier molecular flexibility index (Phi) is 9.24. The van der Waals surface area contributed by atoms with E-state index in [1.165, 1.54) is 7.11 Å². The molecule has 0 fully saturated rings. The van der Waals surface area contributed by atoms with E-state index in [0.29, 0.717) is 5.92 Å². The number of hydrogen-bond donors (Lipinski definition) is 2. The number of aliphatic hydroxyl groups is 1. The first-order valence-electron chi connectivity index (χ1n) is 6.11. The molecule has 0 aromatic carbocycles. The molecule has 2 N–H and O–H groups in total. The number of aliphatic hydroxyl groups excluding tert-OH is 1. The number of rotatable bonds is 9. The van der Waals surface area contributed by atoms with Crippen molar-refractivity contribution in [2.75, 3.05) is 20.3 Å². The van der Waals surface area contributed by atoms with Gasteiger partial charge in [0.05, 0.1) is 7.11 Å². The third kappa shape index (κ3) is 6.08. The maximum Gasteiger partial charge on any atom is 0.322 e. The normalized spacial score (nSPS) is 14.5. The summed E-state index contributed by atoms with van der Waals surface area (Å²) >= 11 is 0. The Labute approximate surface area is 98.4 Å². The standard InChI is InChI=1S/C12H25NO3/c1-4-6-10(7-8-14)9-13-11(5-2)12(15)16-3/h10-11,13-14H,4-9H2,1-3H3. The molecule has 0 rings (SSSR count). The first kappa shape index (κ1) is 15.4. The van der Waals surface area contributed by atoms with Crippen LogP contribution >= 0.6 is 0 Å². The van der Waals surface area contributed by atoms with E-state index in [9.17, 15) is 4.79 Å². The Morgan fingerprint density at radius 1 is 1.38 bits per heavy atom. The molecule has 0 aliphatic carbocycles. The van der Waals surface area contributed by atoms with E-state index < -0.39 is 0 Å². The zero-order chi connectivity index (χ0) is 12.4. The highest BCUT2D eigenvalue weighted by Gasteiger charge is 2.17. The summed E-state index contributed by atoms with van der Waals surface area (Å²) in [4.78, 5) is 11.3. The van der Waals surface area contributed by atoms with Crippen molar-refractivity contribution in [3.8, 4) is 0 Å². The molecular formula is C12H25NO3. The van der Waals surface area contributed by atoms with E-state index in [1.807, 2.05) is 6.92 Å². The maximum atomic E-state index is 11.3. The Balaban J connectivity index is 3.99. The van der Waals surface area contributed by atoms with E-state index >= 15 is 0 Å². The van der Waals surface area contributed by atoms with Gasteiger partial charge in [0.1, 0.15) is 6.04 Å². The summed E-state index contributed by atoms with van der Waals surface area (Å²) in [5.74, 6) is 0.232. The van der Waals surface area contributed by atoms with Crippen LogP contribution in [0.5, 0.6) is 0 Å². The van der Waals surface area contributed by atoms with Crippen molar-refractivity contribution in [2.24, 2.45) is 5.92 Å². The number of esters is 1. The molecule has 2 atom stereocenters. The van der Waals surface area contributed by atoms with Crippen LogP contribution in [0.15, 0.2) is 0 Å². The van der Waals surface area contributed by atoms with Crippen molar-refractivity contribution in [3.63, 3.8) is 0 Å². The van der Waals surface area contributed by atoms with Gasteiger partial charge in [0, 0.05) is 6.61 Å². The fourth-order valence-corrected chi connectivity index (χ4v) is 1.78. The zero-order valence-electron chi connectivity index (χ0n) is 10.7. The van der Waals surface area contributed by atoms with Gasteiger partial charge in [-0.05, 0) is 31.7 Å². The van der Waals surface area contributed by atoms with Crippen LogP contribution in [0, 0.1) is 5.92 Å². The lowest BCUT2D eigenvalue weighted by Gasteiger charge is -2.20. The van der Waals surface area contributed by atoms with E-state index in [2.05, 4.69) is 12.2 Å². The van der Waals surface area contributed by atoms with Crippen LogP contribution in [0.25, 0.3) is 0 Å². The number of methoxy groups -OCH3 is 1. The van der Waals surface area contributed by atoms with E-state index in [0.717, 1.165) is 32.2 Å². The Morgan fingerprint density at radius 3 is 2.50 bits per heavy atom. The first-order chi connectivity index (χ1) is 7.69. The fraction of sp³-hybridized carbons (Fsp3) is 0.917. The topological polar surface area (TPSA) is 58.6 Å². The molecule has 96 valence electrons. The highest BCUT2D eigenvalue weighted by atomic mass is 16.5. The minimum absolute atomic E-state index is 0.207. The van der Waals surface area contributed by atoms with Crippen molar-refractivity contribution in [3.05, 3.63) is 0 Å². The highest BCUT2D eigenvalue weighted by molar-refractivity contribution is 5.75. The first-order valence-corrected chi connectivity index (χ1v) is 6.11. The van der Waals surface area contributed by atoms with Crippen LogP contribution in [0.1, 0.15) is 39.5 Å². The smallest absolute Gasteiger partial charge is 0.322 e. The quantitative estimate of drug-likeness (QED) is 0.588. The van der Waals surface area contributed by atoms with Gasteiger partial charge < -0.3 is 15.2 Å². The molecule has 0 aliphatic heterocycles. The molecule has 0 amide bonds. The molecule has 4 heteroatoms. The van der Waals surface area contributed by atoms with E-state index in [1.54, 1.807) is 0 Å². The molecule has 2 unspecified atom stereocenters. The Hall–Kier alpha value is -0.610. The molecule has 4 nitrogen and oxygen atoms in total. The molecule has 0 aromatic heterocycles. The summed E-state index contributed by atoms with van der Waals surface area (Å²) in [6.07, 6.45) is 3.69. The van der Waals surface area contributed by atoms with Gasteiger partial charge in [-0.15, -0.1) is 0 Å². The van der Waals surface area contributed by atoms with Crippen molar-refractivity contribution < 1.29 is 14.6 Å². The van der Waals surface area contributed by atoms with Crippen LogP contribution in [0.2, 0.25) is 0 Å².